The third-order valence-corrected chi connectivity index (χ3v) is 1.09. The number of nitrogens with two attached hydrogens (primary N) is 1. The number of allylic oxidation sites excluding steroid dienone is 4. The van der Waals surface area contributed by atoms with Crippen LogP contribution in [-0.4, -0.2) is 6.54 Å². The molecule has 0 saturated carbocycles. The molecule has 0 aliphatic carbocycles. The van der Waals surface area contributed by atoms with E-state index in [1.54, 1.807) is 0 Å². The molecule has 60 valence electrons. The standard InChI is InChI=1S/C10H15N/c1-9(2)6-4-5-7-10(3)8-11/h4-7H,1,3,8,11H2,2H3. The van der Waals surface area contributed by atoms with Crippen molar-refractivity contribution in [1.82, 2.24) is 0 Å². The van der Waals surface area contributed by atoms with Crippen LogP contribution in [0.25, 0.3) is 0 Å². The molecule has 0 rings (SSSR count). The number of hydrogen-bond acceptors (Lipinski definition) is 1. The van der Waals surface area contributed by atoms with Gasteiger partial charge in [0.05, 0.1) is 0 Å². The van der Waals surface area contributed by atoms with Crippen molar-refractivity contribution >= 4 is 0 Å². The first kappa shape index (κ1) is 9.92. The molecule has 0 aromatic rings. The summed E-state index contributed by atoms with van der Waals surface area (Å²) in [5.41, 5.74) is 7.28. The van der Waals surface area contributed by atoms with E-state index >= 15 is 0 Å². The normalized spacial score (nSPS) is 11.1. The third kappa shape index (κ3) is 6.81. The van der Waals surface area contributed by atoms with Gasteiger partial charge in [-0.3, -0.25) is 0 Å². The van der Waals surface area contributed by atoms with Gasteiger partial charge >= 0.3 is 0 Å². The molecule has 0 spiro atoms. The van der Waals surface area contributed by atoms with Crippen molar-refractivity contribution in [3.8, 4) is 0 Å². The summed E-state index contributed by atoms with van der Waals surface area (Å²) in [6.07, 6.45) is 7.65. The molecule has 0 unspecified atom stereocenters. The summed E-state index contributed by atoms with van der Waals surface area (Å²) in [6.45, 7) is 9.90. The average molecular weight is 149 g/mol. The monoisotopic (exact) mass is 149 g/mol. The Kier molecular flexibility index (Phi) is 5.13. The van der Waals surface area contributed by atoms with Crippen molar-refractivity contribution < 1.29 is 0 Å². The minimum Gasteiger partial charge on any atom is -0.327 e. The zero-order valence-electron chi connectivity index (χ0n) is 7.01. The van der Waals surface area contributed by atoms with Gasteiger partial charge < -0.3 is 5.73 Å². The van der Waals surface area contributed by atoms with Gasteiger partial charge in [0.2, 0.25) is 0 Å². The summed E-state index contributed by atoms with van der Waals surface area (Å²) in [5, 5.41) is 0. The van der Waals surface area contributed by atoms with Gasteiger partial charge in [0.1, 0.15) is 0 Å². The summed E-state index contributed by atoms with van der Waals surface area (Å²) in [7, 11) is 0. The maximum Gasteiger partial charge on any atom is 0.0172 e. The van der Waals surface area contributed by atoms with E-state index in [4.69, 9.17) is 5.73 Å². The van der Waals surface area contributed by atoms with Crippen LogP contribution in [0.3, 0.4) is 0 Å². The molecule has 0 aliphatic rings. The molecule has 0 aromatic heterocycles. The molecule has 1 nitrogen and oxygen atoms in total. The Bertz CT molecular complexity index is 197. The summed E-state index contributed by atoms with van der Waals surface area (Å²) < 4.78 is 0. The largest absolute Gasteiger partial charge is 0.327 e. The SMILES string of the molecule is C=C(C)C=CC=CC(=C)CN. The van der Waals surface area contributed by atoms with Crippen molar-refractivity contribution in [3.05, 3.63) is 48.6 Å². The van der Waals surface area contributed by atoms with Crippen LogP contribution in [0.4, 0.5) is 0 Å². The fraction of sp³-hybridized carbons (Fsp3) is 0.200. The second-order valence-electron chi connectivity index (χ2n) is 2.43. The quantitative estimate of drug-likeness (QED) is 0.609. The molecule has 0 saturated heterocycles. The minimum atomic E-state index is 0.511. The molecule has 0 amide bonds. The number of hydrogen-bond donors (Lipinski definition) is 1. The van der Waals surface area contributed by atoms with Gasteiger partial charge in [-0.25, -0.2) is 0 Å². The second kappa shape index (κ2) is 5.69. The lowest BCUT2D eigenvalue weighted by atomic mass is 10.2. The van der Waals surface area contributed by atoms with Crippen LogP contribution in [0, 0.1) is 0 Å². The van der Waals surface area contributed by atoms with Crippen molar-refractivity contribution in [2.75, 3.05) is 6.54 Å². The van der Waals surface area contributed by atoms with Crippen LogP contribution in [0.5, 0.6) is 0 Å². The first-order chi connectivity index (χ1) is 5.16. The molecule has 0 bridgehead atoms. The first-order valence-corrected chi connectivity index (χ1v) is 3.55. The molecule has 11 heavy (non-hydrogen) atoms. The predicted molar refractivity (Wildman–Crippen MR) is 51.3 cm³/mol. The molecule has 0 fully saturated rings. The second-order valence-corrected chi connectivity index (χ2v) is 2.43. The zero-order valence-corrected chi connectivity index (χ0v) is 7.01. The summed E-state index contributed by atoms with van der Waals surface area (Å²) in [6, 6.07) is 0. The van der Waals surface area contributed by atoms with Crippen LogP contribution < -0.4 is 5.73 Å². The average Bonchev–Trinajstić information content (AvgIpc) is 1.97. The summed E-state index contributed by atoms with van der Waals surface area (Å²) in [4.78, 5) is 0. The highest BCUT2D eigenvalue weighted by Crippen LogP contribution is 1.92. The topological polar surface area (TPSA) is 26.0 Å². The van der Waals surface area contributed by atoms with Gasteiger partial charge in [-0.05, 0) is 12.5 Å². The van der Waals surface area contributed by atoms with E-state index in [1.165, 1.54) is 0 Å². The van der Waals surface area contributed by atoms with Gasteiger partial charge in [0.25, 0.3) is 0 Å². The lowest BCUT2D eigenvalue weighted by molar-refractivity contribution is 1.20. The Hall–Kier alpha value is -1.08. The summed E-state index contributed by atoms with van der Waals surface area (Å²) >= 11 is 0. The van der Waals surface area contributed by atoms with Crippen LogP contribution >= 0.6 is 0 Å². The van der Waals surface area contributed by atoms with E-state index in [-0.39, 0.29) is 0 Å². The van der Waals surface area contributed by atoms with Gasteiger partial charge in [-0.15, -0.1) is 0 Å². The smallest absolute Gasteiger partial charge is 0.0172 e. The molecule has 0 aromatic carbocycles. The van der Waals surface area contributed by atoms with Gasteiger partial charge in [-0.1, -0.05) is 43.0 Å². The Balaban J connectivity index is 3.77. The number of rotatable bonds is 4. The summed E-state index contributed by atoms with van der Waals surface area (Å²) in [5.74, 6) is 0. The molecule has 0 atom stereocenters. The van der Waals surface area contributed by atoms with E-state index in [0.29, 0.717) is 6.54 Å². The molecule has 0 heterocycles. The van der Waals surface area contributed by atoms with E-state index < -0.39 is 0 Å². The Morgan fingerprint density at radius 3 is 2.27 bits per heavy atom. The fourth-order valence-corrected chi connectivity index (χ4v) is 0.480. The van der Waals surface area contributed by atoms with Crippen LogP contribution in [0.2, 0.25) is 0 Å². The zero-order chi connectivity index (χ0) is 8.69. The van der Waals surface area contributed by atoms with E-state index in [0.717, 1.165) is 11.1 Å². The van der Waals surface area contributed by atoms with Crippen LogP contribution in [-0.2, 0) is 0 Å². The highest BCUT2D eigenvalue weighted by atomic mass is 14.5. The van der Waals surface area contributed by atoms with Crippen LogP contribution in [0.1, 0.15) is 6.92 Å². The molecular weight excluding hydrogens is 134 g/mol. The molecule has 0 aliphatic heterocycles. The minimum absolute atomic E-state index is 0.511. The highest BCUT2D eigenvalue weighted by molar-refractivity contribution is 5.23. The highest BCUT2D eigenvalue weighted by Gasteiger charge is 1.77. The van der Waals surface area contributed by atoms with Crippen molar-refractivity contribution in [3.63, 3.8) is 0 Å². The maximum absolute atomic E-state index is 5.32. The maximum atomic E-state index is 5.32. The lowest BCUT2D eigenvalue weighted by Crippen LogP contribution is -1.98. The van der Waals surface area contributed by atoms with E-state index in [1.807, 2.05) is 31.2 Å². The first-order valence-electron chi connectivity index (χ1n) is 3.55. The Labute approximate surface area is 68.6 Å². The lowest BCUT2D eigenvalue weighted by Gasteiger charge is -1.88. The Morgan fingerprint density at radius 1 is 1.27 bits per heavy atom. The van der Waals surface area contributed by atoms with Crippen molar-refractivity contribution in [2.45, 2.75) is 6.92 Å². The van der Waals surface area contributed by atoms with E-state index in [9.17, 15) is 0 Å². The van der Waals surface area contributed by atoms with Gasteiger partial charge in [0, 0.05) is 6.54 Å². The van der Waals surface area contributed by atoms with Crippen LogP contribution in [0.15, 0.2) is 48.6 Å². The van der Waals surface area contributed by atoms with Gasteiger partial charge in [0.15, 0.2) is 0 Å². The molecule has 2 N–H and O–H groups in total. The molecular formula is C10H15N. The van der Waals surface area contributed by atoms with Crippen molar-refractivity contribution in [2.24, 2.45) is 5.73 Å². The third-order valence-electron chi connectivity index (χ3n) is 1.09. The van der Waals surface area contributed by atoms with E-state index in [2.05, 4.69) is 13.2 Å². The molecule has 1 heteroatoms. The van der Waals surface area contributed by atoms with Gasteiger partial charge in [-0.2, -0.15) is 0 Å². The fourth-order valence-electron chi connectivity index (χ4n) is 0.480. The Morgan fingerprint density at radius 2 is 1.82 bits per heavy atom. The molecule has 0 radical (unpaired) electrons. The van der Waals surface area contributed by atoms with Crippen molar-refractivity contribution in [1.29, 1.82) is 0 Å². The predicted octanol–water partition coefficient (Wildman–Crippen LogP) is 2.19.